The summed E-state index contributed by atoms with van der Waals surface area (Å²) in [5.41, 5.74) is 3.89. The van der Waals surface area contributed by atoms with Gasteiger partial charge in [-0.05, 0) is 92.3 Å². The Morgan fingerprint density at radius 1 is 1.09 bits per heavy atom. The summed E-state index contributed by atoms with van der Waals surface area (Å²) in [4.78, 5) is 6.68. The van der Waals surface area contributed by atoms with Crippen molar-refractivity contribution in [2.75, 3.05) is 11.5 Å². The van der Waals surface area contributed by atoms with E-state index in [1.807, 2.05) is 86.6 Å². The number of anilines is 1. The van der Waals surface area contributed by atoms with Crippen LogP contribution in [0.25, 0.3) is 11.3 Å². The second kappa shape index (κ2) is 9.49. The Hall–Kier alpha value is -3.35. The molecule has 1 saturated heterocycles. The van der Waals surface area contributed by atoms with E-state index in [-0.39, 0.29) is 12.1 Å². The molecule has 1 aliphatic heterocycles. The molecule has 0 bridgehead atoms. The van der Waals surface area contributed by atoms with E-state index in [9.17, 15) is 0 Å². The van der Waals surface area contributed by atoms with Crippen LogP contribution in [0.15, 0.2) is 83.4 Å². The van der Waals surface area contributed by atoms with Gasteiger partial charge in [-0.15, -0.1) is 0 Å². The summed E-state index contributed by atoms with van der Waals surface area (Å²) in [7, 11) is 0. The van der Waals surface area contributed by atoms with Gasteiger partial charge in [0.05, 0.1) is 18.3 Å². The lowest BCUT2D eigenvalue weighted by Gasteiger charge is -2.26. The van der Waals surface area contributed by atoms with Gasteiger partial charge in [0.25, 0.3) is 0 Å². The van der Waals surface area contributed by atoms with Crippen molar-refractivity contribution in [3.63, 3.8) is 0 Å². The Labute approximate surface area is 209 Å². The van der Waals surface area contributed by atoms with Gasteiger partial charge in [0, 0.05) is 22.5 Å². The third-order valence-corrected chi connectivity index (χ3v) is 6.46. The van der Waals surface area contributed by atoms with Gasteiger partial charge in [0.15, 0.2) is 5.11 Å². The van der Waals surface area contributed by atoms with E-state index in [1.54, 1.807) is 6.20 Å². The minimum absolute atomic E-state index is 0.181. The van der Waals surface area contributed by atoms with Crippen LogP contribution in [0.1, 0.15) is 36.0 Å². The number of hydrogen-bond acceptors (Lipinski definition) is 4. The number of furan rings is 1. The minimum Gasteiger partial charge on any atom is -0.494 e. The molecule has 0 spiro atoms. The van der Waals surface area contributed by atoms with Crippen molar-refractivity contribution >= 4 is 34.6 Å². The fraction of sp³-hybridized carbons (Fsp3) is 0.185. The molecule has 0 unspecified atom stereocenters. The van der Waals surface area contributed by atoms with E-state index < -0.39 is 0 Å². The number of hydrogen-bond donors (Lipinski definition) is 1. The number of aryl methyl sites for hydroxylation is 1. The highest BCUT2D eigenvalue weighted by Crippen LogP contribution is 2.43. The quantitative estimate of drug-likeness (QED) is 0.298. The molecule has 5 rings (SSSR count). The maximum atomic E-state index is 6.45. The van der Waals surface area contributed by atoms with Crippen molar-refractivity contribution in [1.29, 1.82) is 0 Å². The molecule has 1 aliphatic rings. The molecule has 2 aromatic heterocycles. The number of thiocarbonyl (C=S) groups is 1. The van der Waals surface area contributed by atoms with E-state index in [0.29, 0.717) is 16.7 Å². The highest BCUT2D eigenvalue weighted by atomic mass is 35.5. The number of pyridine rings is 1. The van der Waals surface area contributed by atoms with Crippen molar-refractivity contribution in [1.82, 2.24) is 10.3 Å². The number of benzene rings is 2. The van der Waals surface area contributed by atoms with Crippen LogP contribution < -0.4 is 15.0 Å². The zero-order chi connectivity index (χ0) is 23.7. The SMILES string of the molecule is CCOc1ccc(N2C(=S)N[C@H](c3ccccn3)[C@@H]2c2ccc(-c3cc(Cl)ccc3C)o2)cc1. The first kappa shape index (κ1) is 22.4. The third-order valence-electron chi connectivity index (χ3n) is 5.91. The molecule has 0 radical (unpaired) electrons. The molecule has 4 aromatic rings. The summed E-state index contributed by atoms with van der Waals surface area (Å²) in [6, 6.07) is 23.2. The fourth-order valence-electron chi connectivity index (χ4n) is 4.31. The average Bonchev–Trinajstić information content (AvgIpc) is 3.46. The summed E-state index contributed by atoms with van der Waals surface area (Å²) < 4.78 is 12.1. The fourth-order valence-corrected chi connectivity index (χ4v) is 4.83. The monoisotopic (exact) mass is 489 g/mol. The molecule has 5 nitrogen and oxygen atoms in total. The van der Waals surface area contributed by atoms with E-state index in [1.165, 1.54) is 0 Å². The summed E-state index contributed by atoms with van der Waals surface area (Å²) in [5, 5.41) is 4.74. The maximum absolute atomic E-state index is 6.45. The van der Waals surface area contributed by atoms with Crippen LogP contribution in [0.3, 0.4) is 0 Å². The predicted molar refractivity (Wildman–Crippen MR) is 139 cm³/mol. The van der Waals surface area contributed by atoms with Crippen molar-refractivity contribution in [3.8, 4) is 17.1 Å². The Bertz CT molecular complexity index is 1310. The Kier molecular flexibility index (Phi) is 6.26. The standard InChI is InChI=1S/C27H24ClN3O2S/c1-3-32-20-11-9-19(10-12-20)31-26(25(30-27(31)34)22-6-4-5-15-29-22)24-14-13-23(33-24)21-16-18(28)8-7-17(21)2/h4-16,25-26H,3H2,1-2H3,(H,30,34)/t25-,26+/m1/s1. The van der Waals surface area contributed by atoms with Gasteiger partial charge in [0.1, 0.15) is 23.3 Å². The van der Waals surface area contributed by atoms with Crippen LogP contribution in [0.5, 0.6) is 5.75 Å². The molecule has 1 fully saturated rings. The number of aromatic nitrogens is 1. The van der Waals surface area contributed by atoms with Crippen molar-refractivity contribution in [3.05, 3.63) is 101 Å². The molecule has 2 atom stereocenters. The number of rotatable bonds is 6. The molecular formula is C27H24ClN3O2S. The first-order chi connectivity index (χ1) is 16.5. The maximum Gasteiger partial charge on any atom is 0.174 e. The van der Waals surface area contributed by atoms with Crippen molar-refractivity contribution in [2.45, 2.75) is 25.9 Å². The molecule has 0 amide bonds. The van der Waals surface area contributed by atoms with Crippen LogP contribution in [0.4, 0.5) is 5.69 Å². The summed E-state index contributed by atoms with van der Waals surface area (Å²) in [6.07, 6.45) is 1.79. The Balaban J connectivity index is 1.58. The van der Waals surface area contributed by atoms with E-state index in [4.69, 9.17) is 33.0 Å². The second-order valence-electron chi connectivity index (χ2n) is 8.08. The van der Waals surface area contributed by atoms with Crippen molar-refractivity contribution < 1.29 is 9.15 Å². The third kappa shape index (κ3) is 4.27. The number of nitrogens with one attached hydrogen (secondary N) is 1. The zero-order valence-electron chi connectivity index (χ0n) is 18.9. The van der Waals surface area contributed by atoms with Crippen molar-refractivity contribution in [2.24, 2.45) is 0 Å². The van der Waals surface area contributed by atoms with Gasteiger partial charge >= 0.3 is 0 Å². The minimum atomic E-state index is -0.228. The van der Waals surface area contributed by atoms with Crippen LogP contribution in [0, 0.1) is 6.92 Å². The predicted octanol–water partition coefficient (Wildman–Crippen LogP) is 6.88. The summed E-state index contributed by atoms with van der Waals surface area (Å²) in [6.45, 7) is 4.63. The Morgan fingerprint density at radius 2 is 1.91 bits per heavy atom. The van der Waals surface area contributed by atoms with Gasteiger partial charge in [-0.2, -0.15) is 0 Å². The van der Waals surface area contributed by atoms with E-state index >= 15 is 0 Å². The average molecular weight is 490 g/mol. The second-order valence-corrected chi connectivity index (χ2v) is 8.91. The van der Waals surface area contributed by atoms with Gasteiger partial charge in [-0.25, -0.2) is 0 Å². The molecule has 34 heavy (non-hydrogen) atoms. The molecule has 1 N–H and O–H groups in total. The highest BCUT2D eigenvalue weighted by Gasteiger charge is 2.42. The van der Waals surface area contributed by atoms with Gasteiger partial charge in [0.2, 0.25) is 0 Å². The van der Waals surface area contributed by atoms with Crippen LogP contribution in [-0.4, -0.2) is 16.7 Å². The summed E-state index contributed by atoms with van der Waals surface area (Å²) in [5.74, 6) is 2.37. The molecule has 172 valence electrons. The molecular weight excluding hydrogens is 466 g/mol. The molecule has 2 aromatic carbocycles. The van der Waals surface area contributed by atoms with Gasteiger partial charge in [-0.3, -0.25) is 4.98 Å². The molecule has 0 saturated carbocycles. The van der Waals surface area contributed by atoms with Crippen LogP contribution >= 0.6 is 23.8 Å². The lowest BCUT2D eigenvalue weighted by atomic mass is 10.0. The largest absolute Gasteiger partial charge is 0.494 e. The molecule has 0 aliphatic carbocycles. The number of nitrogens with zero attached hydrogens (tertiary/aromatic N) is 2. The normalized spacial score (nSPS) is 17.6. The molecule has 3 heterocycles. The summed E-state index contributed by atoms with van der Waals surface area (Å²) >= 11 is 12.1. The van der Waals surface area contributed by atoms with E-state index in [0.717, 1.165) is 39.8 Å². The zero-order valence-corrected chi connectivity index (χ0v) is 20.4. The van der Waals surface area contributed by atoms with Crippen LogP contribution in [0.2, 0.25) is 5.02 Å². The number of ether oxygens (including phenoxy) is 1. The van der Waals surface area contributed by atoms with Gasteiger partial charge in [-0.1, -0.05) is 23.7 Å². The smallest absolute Gasteiger partial charge is 0.174 e. The molecule has 7 heteroatoms. The highest BCUT2D eigenvalue weighted by molar-refractivity contribution is 7.80. The first-order valence-electron chi connectivity index (χ1n) is 11.1. The topological polar surface area (TPSA) is 50.5 Å². The van der Waals surface area contributed by atoms with Gasteiger partial charge < -0.3 is 19.4 Å². The lowest BCUT2D eigenvalue weighted by Crippen LogP contribution is -2.29. The van der Waals surface area contributed by atoms with Crippen LogP contribution in [-0.2, 0) is 0 Å². The van der Waals surface area contributed by atoms with E-state index in [2.05, 4.69) is 15.2 Å². The Morgan fingerprint density at radius 3 is 2.65 bits per heavy atom. The first-order valence-corrected chi connectivity index (χ1v) is 11.9. The lowest BCUT2D eigenvalue weighted by molar-refractivity contribution is 0.340. The number of halogens is 1.